The number of halogens is 1. The molecule has 1 aliphatic rings. The van der Waals surface area contributed by atoms with Gasteiger partial charge in [-0.25, -0.2) is 4.39 Å². The zero-order chi connectivity index (χ0) is 5.28. The van der Waals surface area contributed by atoms with Crippen LogP contribution in [0.25, 0.3) is 0 Å². The molecule has 3 N–H and O–H groups in total. The lowest BCUT2D eigenvalue weighted by atomic mass is 10.3. The van der Waals surface area contributed by atoms with Gasteiger partial charge in [0.15, 0.2) is 6.17 Å². The number of aliphatic hydroxyl groups excluding tert-OH is 1. The third kappa shape index (κ3) is 0.894. The number of alkyl halides is 1. The van der Waals surface area contributed by atoms with E-state index in [1.54, 1.807) is 5.32 Å². The predicted molar refractivity (Wildman–Crippen MR) is 22.6 cm³/mol. The Kier molecular flexibility index (Phi) is 1.25. The minimum atomic E-state index is -0.986. The zero-order valence-corrected chi connectivity index (χ0v) is 3.97. The Hall–Kier alpha value is -0.150. The van der Waals surface area contributed by atoms with Crippen LogP contribution in [0.4, 0.5) is 4.39 Å². The van der Waals surface area contributed by atoms with E-state index in [-0.39, 0.29) is 0 Å². The summed E-state index contributed by atoms with van der Waals surface area (Å²) in [7, 11) is 0. The van der Waals surface area contributed by atoms with E-state index in [4.69, 9.17) is 5.11 Å². The summed E-state index contributed by atoms with van der Waals surface area (Å²) in [6.45, 7) is 0.961. The fraction of sp³-hybridized carbons (Fsp3) is 1.00. The molecule has 0 aromatic heterocycles. The SMILES string of the molecule is O[C@@H]1C[NH2+]C[C@H]1F. The molecule has 0 saturated carbocycles. The highest BCUT2D eigenvalue weighted by Gasteiger charge is 2.27. The molecule has 0 aromatic carbocycles. The molecular formula is C4H9FNO+. The normalized spacial score (nSPS) is 42.0. The van der Waals surface area contributed by atoms with Crippen LogP contribution >= 0.6 is 0 Å². The van der Waals surface area contributed by atoms with Gasteiger partial charge in [0.1, 0.15) is 19.2 Å². The lowest BCUT2D eigenvalue weighted by Crippen LogP contribution is -2.82. The van der Waals surface area contributed by atoms with Crippen LogP contribution in [0.2, 0.25) is 0 Å². The van der Waals surface area contributed by atoms with Crippen molar-refractivity contribution in [2.24, 2.45) is 0 Å². The first kappa shape index (κ1) is 5.00. The highest BCUT2D eigenvalue weighted by atomic mass is 19.1. The Balaban J connectivity index is 2.33. The van der Waals surface area contributed by atoms with E-state index >= 15 is 0 Å². The van der Waals surface area contributed by atoms with Gasteiger partial charge in [-0.15, -0.1) is 0 Å². The third-order valence-corrected chi connectivity index (χ3v) is 1.22. The topological polar surface area (TPSA) is 36.8 Å². The number of rotatable bonds is 0. The molecule has 42 valence electrons. The highest BCUT2D eigenvalue weighted by molar-refractivity contribution is 4.67. The number of quaternary nitrogens is 1. The Morgan fingerprint density at radius 1 is 1.57 bits per heavy atom. The van der Waals surface area contributed by atoms with E-state index in [0.717, 1.165) is 0 Å². The van der Waals surface area contributed by atoms with Crippen molar-refractivity contribution < 1.29 is 14.8 Å². The van der Waals surface area contributed by atoms with E-state index in [2.05, 4.69) is 0 Å². The van der Waals surface area contributed by atoms with E-state index in [1.165, 1.54) is 0 Å². The molecule has 1 aliphatic heterocycles. The second-order valence-corrected chi connectivity index (χ2v) is 1.84. The summed E-state index contributed by atoms with van der Waals surface area (Å²) in [5, 5.41) is 10.4. The lowest BCUT2D eigenvalue weighted by Gasteiger charge is -1.94. The number of aliphatic hydroxyl groups is 1. The number of nitrogens with two attached hydrogens (primary N) is 1. The van der Waals surface area contributed by atoms with E-state index in [1.807, 2.05) is 0 Å². The average molecular weight is 106 g/mol. The first-order valence-corrected chi connectivity index (χ1v) is 2.44. The first-order valence-electron chi connectivity index (χ1n) is 2.44. The maximum Gasteiger partial charge on any atom is 0.180 e. The van der Waals surface area contributed by atoms with Crippen LogP contribution in [0.3, 0.4) is 0 Å². The Labute approximate surface area is 41.3 Å². The van der Waals surface area contributed by atoms with Gasteiger partial charge in [-0.3, -0.25) is 0 Å². The van der Waals surface area contributed by atoms with Gasteiger partial charge < -0.3 is 10.4 Å². The molecule has 0 bridgehead atoms. The molecule has 0 amide bonds. The van der Waals surface area contributed by atoms with Crippen molar-refractivity contribution in [1.82, 2.24) is 0 Å². The van der Waals surface area contributed by atoms with Crippen LogP contribution in [0.15, 0.2) is 0 Å². The molecule has 1 heterocycles. The minimum absolute atomic E-state index is 0.432. The molecule has 2 atom stereocenters. The second-order valence-electron chi connectivity index (χ2n) is 1.84. The van der Waals surface area contributed by atoms with E-state index < -0.39 is 12.3 Å². The van der Waals surface area contributed by atoms with Gasteiger partial charge in [0.25, 0.3) is 0 Å². The summed E-state index contributed by atoms with van der Waals surface area (Å²) in [6, 6.07) is 0. The zero-order valence-electron chi connectivity index (χ0n) is 3.97. The Morgan fingerprint density at radius 2 is 2.29 bits per heavy atom. The summed E-state index contributed by atoms with van der Waals surface area (Å²) in [6.07, 6.45) is -1.69. The second kappa shape index (κ2) is 1.76. The summed E-state index contributed by atoms with van der Waals surface area (Å²) >= 11 is 0. The molecule has 0 aromatic rings. The Bertz CT molecular complexity index is 60.7. The van der Waals surface area contributed by atoms with Crippen LogP contribution in [-0.4, -0.2) is 30.5 Å². The van der Waals surface area contributed by atoms with Gasteiger partial charge in [-0.05, 0) is 0 Å². The monoisotopic (exact) mass is 106 g/mol. The van der Waals surface area contributed by atoms with Crippen LogP contribution in [-0.2, 0) is 0 Å². The third-order valence-electron chi connectivity index (χ3n) is 1.22. The molecule has 0 unspecified atom stereocenters. The molecule has 3 heteroatoms. The molecule has 1 rings (SSSR count). The maximum atomic E-state index is 12.0. The van der Waals surface area contributed by atoms with Crippen molar-refractivity contribution in [2.75, 3.05) is 13.1 Å². The first-order chi connectivity index (χ1) is 3.30. The highest BCUT2D eigenvalue weighted by Crippen LogP contribution is 1.96. The van der Waals surface area contributed by atoms with Crippen molar-refractivity contribution in [1.29, 1.82) is 0 Å². The fourth-order valence-corrected chi connectivity index (χ4v) is 0.731. The smallest absolute Gasteiger partial charge is 0.180 e. The van der Waals surface area contributed by atoms with Gasteiger partial charge >= 0.3 is 0 Å². The van der Waals surface area contributed by atoms with Crippen LogP contribution < -0.4 is 5.32 Å². The van der Waals surface area contributed by atoms with Crippen molar-refractivity contribution in [3.05, 3.63) is 0 Å². The van der Waals surface area contributed by atoms with E-state index in [0.29, 0.717) is 13.1 Å². The van der Waals surface area contributed by atoms with Crippen molar-refractivity contribution >= 4 is 0 Å². The Morgan fingerprint density at radius 3 is 2.43 bits per heavy atom. The molecule has 0 aliphatic carbocycles. The molecule has 1 fully saturated rings. The molecular weight excluding hydrogens is 97.0 g/mol. The van der Waals surface area contributed by atoms with Crippen LogP contribution in [0, 0.1) is 0 Å². The largest absolute Gasteiger partial charge is 0.384 e. The van der Waals surface area contributed by atoms with Gasteiger partial charge in [-0.2, -0.15) is 0 Å². The summed E-state index contributed by atoms with van der Waals surface area (Å²) < 4.78 is 12.0. The molecule has 0 spiro atoms. The van der Waals surface area contributed by atoms with Gasteiger partial charge in [0.05, 0.1) is 0 Å². The van der Waals surface area contributed by atoms with Crippen molar-refractivity contribution in [2.45, 2.75) is 12.3 Å². The minimum Gasteiger partial charge on any atom is -0.384 e. The molecule has 7 heavy (non-hydrogen) atoms. The van der Waals surface area contributed by atoms with Crippen molar-refractivity contribution in [3.63, 3.8) is 0 Å². The maximum absolute atomic E-state index is 12.0. The quantitative estimate of drug-likeness (QED) is 0.378. The standard InChI is InChI=1S/C4H8FNO/c5-3-1-6-2-4(3)7/h3-4,6-7H,1-2H2/p+1/t3-,4-/m1/s1. The average Bonchev–Trinajstić information content (AvgIpc) is 1.91. The lowest BCUT2D eigenvalue weighted by molar-refractivity contribution is -0.640. The van der Waals surface area contributed by atoms with Crippen molar-refractivity contribution in [3.8, 4) is 0 Å². The summed E-state index contributed by atoms with van der Waals surface area (Å²) in [5.41, 5.74) is 0. The summed E-state index contributed by atoms with van der Waals surface area (Å²) in [4.78, 5) is 0. The molecule has 0 radical (unpaired) electrons. The number of hydrogen-bond acceptors (Lipinski definition) is 1. The number of hydrogen-bond donors (Lipinski definition) is 2. The molecule has 2 nitrogen and oxygen atoms in total. The van der Waals surface area contributed by atoms with Crippen LogP contribution in [0.1, 0.15) is 0 Å². The fourth-order valence-electron chi connectivity index (χ4n) is 0.731. The summed E-state index contributed by atoms with van der Waals surface area (Å²) in [5.74, 6) is 0. The van der Waals surface area contributed by atoms with Gasteiger partial charge in [0.2, 0.25) is 0 Å². The molecule has 1 saturated heterocycles. The predicted octanol–water partition coefficient (Wildman–Crippen LogP) is -1.74. The van der Waals surface area contributed by atoms with Gasteiger partial charge in [0, 0.05) is 0 Å². The van der Waals surface area contributed by atoms with Gasteiger partial charge in [-0.1, -0.05) is 0 Å². The van der Waals surface area contributed by atoms with E-state index in [9.17, 15) is 4.39 Å². The van der Waals surface area contributed by atoms with Crippen LogP contribution in [0.5, 0.6) is 0 Å².